The average Bonchev–Trinajstić information content (AvgIpc) is 2.20. The number of halogens is 1. The molecule has 0 amide bonds. The highest BCUT2D eigenvalue weighted by Crippen LogP contribution is 2.07. The highest BCUT2D eigenvalue weighted by atomic mass is 79.9. The second-order valence-electron chi connectivity index (χ2n) is 2.39. The Labute approximate surface area is 84.8 Å². The molecule has 0 saturated heterocycles. The predicted molar refractivity (Wildman–Crippen MR) is 56.0 cm³/mol. The van der Waals surface area contributed by atoms with Crippen LogP contribution in [0.4, 0.5) is 0 Å². The molecule has 0 aromatic carbocycles. The summed E-state index contributed by atoms with van der Waals surface area (Å²) in [5.41, 5.74) is 1.06. The van der Waals surface area contributed by atoms with Crippen molar-refractivity contribution in [2.75, 3.05) is 5.33 Å². The first kappa shape index (κ1) is 9.92. The van der Waals surface area contributed by atoms with Crippen LogP contribution in [0.2, 0.25) is 0 Å². The lowest BCUT2D eigenvalue weighted by Gasteiger charge is -2.08. The van der Waals surface area contributed by atoms with E-state index in [-0.39, 0.29) is 11.1 Å². The molecule has 0 aromatic heterocycles. The first-order valence-corrected chi connectivity index (χ1v) is 4.85. The molecule has 0 unspecified atom stereocenters. The summed E-state index contributed by atoms with van der Waals surface area (Å²) in [5.74, 6) is -0.0996. The Morgan fingerprint density at radius 3 is 2.85 bits per heavy atom. The Balaban J connectivity index is 2.98. The third-order valence-electron chi connectivity index (χ3n) is 1.57. The van der Waals surface area contributed by atoms with Crippen molar-refractivity contribution in [3.8, 4) is 0 Å². The predicted octanol–water partition coefficient (Wildman–Crippen LogP) is 1.53. The summed E-state index contributed by atoms with van der Waals surface area (Å²) in [5, 5.41) is 10.2. The summed E-state index contributed by atoms with van der Waals surface area (Å²) in [6, 6.07) is 0. The molecule has 0 bridgehead atoms. The number of carbonyl (C=O) groups is 1. The Kier molecular flexibility index (Phi) is 3.64. The molecule has 1 aliphatic heterocycles. The largest absolute Gasteiger partial charge is 0.361 e. The quantitative estimate of drug-likeness (QED) is 0.447. The molecule has 0 radical (unpaired) electrons. The summed E-state index contributed by atoms with van der Waals surface area (Å²) >= 11 is 3.07. The minimum Gasteiger partial charge on any atom is -0.361 e. The van der Waals surface area contributed by atoms with E-state index in [4.69, 9.17) is 5.41 Å². The monoisotopic (exact) mass is 240 g/mol. The van der Waals surface area contributed by atoms with Crippen LogP contribution in [0.15, 0.2) is 35.7 Å². The van der Waals surface area contributed by atoms with E-state index in [9.17, 15) is 4.79 Å². The SMILES string of the molecule is N=C/C(C(=O)CBr)=C1/C=CC=CN1. The summed E-state index contributed by atoms with van der Waals surface area (Å²) in [6.07, 6.45) is 8.19. The van der Waals surface area contributed by atoms with Crippen LogP contribution in [0.25, 0.3) is 0 Å². The fourth-order valence-electron chi connectivity index (χ4n) is 0.941. The van der Waals surface area contributed by atoms with Crippen LogP contribution in [0, 0.1) is 5.41 Å². The van der Waals surface area contributed by atoms with Gasteiger partial charge in [0.15, 0.2) is 5.78 Å². The van der Waals surface area contributed by atoms with E-state index in [1.165, 1.54) is 0 Å². The minimum absolute atomic E-state index is 0.0996. The van der Waals surface area contributed by atoms with E-state index < -0.39 is 0 Å². The van der Waals surface area contributed by atoms with Crippen molar-refractivity contribution < 1.29 is 4.79 Å². The molecule has 13 heavy (non-hydrogen) atoms. The maximum Gasteiger partial charge on any atom is 0.176 e. The molecule has 1 rings (SSSR count). The van der Waals surface area contributed by atoms with Gasteiger partial charge in [-0.15, -0.1) is 0 Å². The zero-order chi connectivity index (χ0) is 9.68. The summed E-state index contributed by atoms with van der Waals surface area (Å²) in [6.45, 7) is 0. The van der Waals surface area contributed by atoms with E-state index in [0.29, 0.717) is 11.3 Å². The molecule has 0 aliphatic carbocycles. The molecule has 0 spiro atoms. The number of nitrogens with one attached hydrogen (secondary N) is 2. The van der Waals surface area contributed by atoms with E-state index in [1.54, 1.807) is 12.3 Å². The summed E-state index contributed by atoms with van der Waals surface area (Å²) in [7, 11) is 0. The molecule has 4 heteroatoms. The molecule has 0 aromatic rings. The molecule has 1 aliphatic rings. The van der Waals surface area contributed by atoms with Crippen molar-refractivity contribution in [1.29, 1.82) is 5.41 Å². The number of ketones is 1. The Hall–Kier alpha value is -1.16. The molecule has 68 valence electrons. The second-order valence-corrected chi connectivity index (χ2v) is 2.95. The normalized spacial score (nSPS) is 17.9. The number of allylic oxidation sites excluding steroid dienone is 4. The zero-order valence-corrected chi connectivity index (χ0v) is 8.47. The van der Waals surface area contributed by atoms with Crippen LogP contribution >= 0.6 is 15.9 Å². The summed E-state index contributed by atoms with van der Waals surface area (Å²) < 4.78 is 0. The van der Waals surface area contributed by atoms with Crippen molar-refractivity contribution in [2.45, 2.75) is 0 Å². The first-order valence-electron chi connectivity index (χ1n) is 3.73. The third kappa shape index (κ3) is 2.39. The van der Waals surface area contributed by atoms with Gasteiger partial charge in [-0.3, -0.25) is 4.79 Å². The smallest absolute Gasteiger partial charge is 0.176 e. The van der Waals surface area contributed by atoms with E-state index in [0.717, 1.165) is 6.21 Å². The molecule has 3 nitrogen and oxygen atoms in total. The minimum atomic E-state index is -0.0996. The lowest BCUT2D eigenvalue weighted by Crippen LogP contribution is -2.15. The highest BCUT2D eigenvalue weighted by Gasteiger charge is 2.10. The average molecular weight is 241 g/mol. The van der Waals surface area contributed by atoms with Crippen LogP contribution in [0.3, 0.4) is 0 Å². The Bertz CT molecular complexity index is 316. The number of rotatable bonds is 3. The standard InChI is InChI=1S/C9H9BrN2O/c10-5-9(13)7(6-11)8-3-1-2-4-12-8/h1-4,6,11-12H,5H2/b8-7+,11-6?. The lowest BCUT2D eigenvalue weighted by atomic mass is 10.1. The van der Waals surface area contributed by atoms with Gasteiger partial charge >= 0.3 is 0 Å². The Morgan fingerprint density at radius 2 is 2.38 bits per heavy atom. The van der Waals surface area contributed by atoms with E-state index >= 15 is 0 Å². The zero-order valence-electron chi connectivity index (χ0n) is 6.88. The van der Waals surface area contributed by atoms with Crippen molar-refractivity contribution in [1.82, 2.24) is 5.32 Å². The van der Waals surface area contributed by atoms with Crippen molar-refractivity contribution in [3.63, 3.8) is 0 Å². The number of hydrogen-bond acceptors (Lipinski definition) is 3. The van der Waals surface area contributed by atoms with Gasteiger partial charge in [0.1, 0.15) is 0 Å². The fourth-order valence-corrected chi connectivity index (χ4v) is 1.24. The van der Waals surface area contributed by atoms with Gasteiger partial charge in [0, 0.05) is 12.4 Å². The highest BCUT2D eigenvalue weighted by molar-refractivity contribution is 9.09. The number of dihydropyridines is 1. The number of hydrogen-bond donors (Lipinski definition) is 2. The third-order valence-corrected chi connectivity index (χ3v) is 2.07. The fraction of sp³-hybridized carbons (Fsp3) is 0.111. The van der Waals surface area contributed by atoms with Gasteiger partial charge in [0.25, 0.3) is 0 Å². The second kappa shape index (κ2) is 4.77. The van der Waals surface area contributed by atoms with Crippen LogP contribution in [0.1, 0.15) is 0 Å². The molecular weight excluding hydrogens is 232 g/mol. The van der Waals surface area contributed by atoms with Gasteiger partial charge in [-0.1, -0.05) is 22.0 Å². The maximum absolute atomic E-state index is 11.3. The van der Waals surface area contributed by atoms with Crippen LogP contribution < -0.4 is 5.32 Å². The van der Waals surface area contributed by atoms with Crippen LogP contribution in [0.5, 0.6) is 0 Å². The van der Waals surface area contributed by atoms with Crippen molar-refractivity contribution in [2.24, 2.45) is 0 Å². The Morgan fingerprint density at radius 1 is 1.62 bits per heavy atom. The molecule has 0 fully saturated rings. The van der Waals surface area contributed by atoms with Crippen LogP contribution in [-0.2, 0) is 4.79 Å². The molecule has 2 N–H and O–H groups in total. The van der Waals surface area contributed by atoms with Gasteiger partial charge < -0.3 is 10.7 Å². The maximum atomic E-state index is 11.3. The van der Waals surface area contributed by atoms with Crippen molar-refractivity contribution >= 4 is 27.9 Å². The van der Waals surface area contributed by atoms with E-state index in [2.05, 4.69) is 21.2 Å². The van der Waals surface area contributed by atoms with Crippen LogP contribution in [-0.4, -0.2) is 17.3 Å². The van der Waals surface area contributed by atoms with Crippen molar-refractivity contribution in [3.05, 3.63) is 35.7 Å². The molecule has 1 heterocycles. The van der Waals surface area contributed by atoms with E-state index in [1.807, 2.05) is 12.2 Å². The molecular formula is C9H9BrN2O. The lowest BCUT2D eigenvalue weighted by molar-refractivity contribution is -0.112. The van der Waals surface area contributed by atoms with Gasteiger partial charge in [-0.2, -0.15) is 0 Å². The van der Waals surface area contributed by atoms with Gasteiger partial charge in [0.05, 0.1) is 16.6 Å². The van der Waals surface area contributed by atoms with Gasteiger partial charge in [-0.25, -0.2) is 0 Å². The summed E-state index contributed by atoms with van der Waals surface area (Å²) in [4.78, 5) is 11.3. The first-order chi connectivity index (χ1) is 6.29. The number of alkyl halides is 1. The topological polar surface area (TPSA) is 53.0 Å². The molecule has 0 saturated carbocycles. The number of carbonyl (C=O) groups excluding carboxylic acids is 1. The molecule has 0 atom stereocenters. The number of Topliss-reactive ketones (excluding diaryl/α,β-unsaturated/α-hetero) is 1. The van der Waals surface area contributed by atoms with Gasteiger partial charge in [0.2, 0.25) is 0 Å². The van der Waals surface area contributed by atoms with Gasteiger partial charge in [-0.05, 0) is 12.2 Å².